The number of aryl methyl sites for hydroxylation is 1. The summed E-state index contributed by atoms with van der Waals surface area (Å²) in [5.74, 6) is -0.680. The Bertz CT molecular complexity index is 633. The minimum absolute atomic E-state index is 0.0595. The number of carboxylic acids is 1. The first-order valence-electron chi connectivity index (χ1n) is 5.93. The van der Waals surface area contributed by atoms with Crippen molar-refractivity contribution in [1.82, 2.24) is 14.9 Å². The number of imidazole rings is 1. The van der Waals surface area contributed by atoms with Crippen molar-refractivity contribution in [3.63, 3.8) is 0 Å². The average Bonchev–Trinajstić information content (AvgIpc) is 2.66. The average molecular weight is 261 g/mol. The number of benzene rings is 1. The Morgan fingerprint density at radius 3 is 2.79 bits per heavy atom. The Kier molecular flexibility index (Phi) is 3.50. The van der Waals surface area contributed by atoms with E-state index in [2.05, 4.69) is 10.3 Å². The summed E-state index contributed by atoms with van der Waals surface area (Å²) in [7, 11) is 0. The van der Waals surface area contributed by atoms with E-state index in [9.17, 15) is 9.59 Å². The molecular formula is C13H15N3O3. The first-order valence-corrected chi connectivity index (χ1v) is 5.93. The highest BCUT2D eigenvalue weighted by Gasteiger charge is 2.16. The van der Waals surface area contributed by atoms with Crippen molar-refractivity contribution in [1.29, 1.82) is 0 Å². The van der Waals surface area contributed by atoms with Crippen molar-refractivity contribution in [2.45, 2.75) is 26.4 Å². The summed E-state index contributed by atoms with van der Waals surface area (Å²) in [5.41, 5.74) is 1.68. The molecule has 0 bridgehead atoms. The number of rotatable bonds is 4. The van der Waals surface area contributed by atoms with Crippen LogP contribution >= 0.6 is 0 Å². The summed E-state index contributed by atoms with van der Waals surface area (Å²) >= 11 is 0. The molecule has 1 amide bonds. The van der Waals surface area contributed by atoms with Gasteiger partial charge >= 0.3 is 5.97 Å². The third kappa shape index (κ3) is 2.73. The predicted molar refractivity (Wildman–Crippen MR) is 69.7 cm³/mol. The number of hydrogen-bond donors (Lipinski definition) is 2. The van der Waals surface area contributed by atoms with Gasteiger partial charge < -0.3 is 15.0 Å². The van der Waals surface area contributed by atoms with Gasteiger partial charge in [-0.1, -0.05) is 12.1 Å². The molecule has 0 unspecified atom stereocenters. The first-order chi connectivity index (χ1) is 8.99. The molecule has 19 heavy (non-hydrogen) atoms. The molecule has 2 N–H and O–H groups in total. The Labute approximate surface area is 110 Å². The van der Waals surface area contributed by atoms with E-state index in [0.717, 1.165) is 16.9 Å². The first kappa shape index (κ1) is 13.1. The number of nitrogens with one attached hydrogen (secondary N) is 1. The van der Waals surface area contributed by atoms with Crippen LogP contribution in [0, 0.1) is 6.92 Å². The van der Waals surface area contributed by atoms with Crippen molar-refractivity contribution in [3.8, 4) is 0 Å². The Hall–Kier alpha value is -2.37. The van der Waals surface area contributed by atoms with Crippen LogP contribution < -0.4 is 5.32 Å². The van der Waals surface area contributed by atoms with E-state index in [-0.39, 0.29) is 12.5 Å². The molecule has 6 nitrogen and oxygen atoms in total. The molecule has 6 heteroatoms. The normalized spacial score (nSPS) is 12.3. The van der Waals surface area contributed by atoms with Gasteiger partial charge in [0.25, 0.3) is 0 Å². The zero-order valence-corrected chi connectivity index (χ0v) is 10.8. The molecule has 2 aromatic rings. The van der Waals surface area contributed by atoms with Crippen LogP contribution in [-0.2, 0) is 16.1 Å². The van der Waals surface area contributed by atoms with Gasteiger partial charge in [0, 0.05) is 0 Å². The summed E-state index contributed by atoms with van der Waals surface area (Å²) < 4.78 is 1.76. The van der Waals surface area contributed by atoms with Gasteiger partial charge in [-0.05, 0) is 26.0 Å². The summed E-state index contributed by atoms with van der Waals surface area (Å²) in [4.78, 5) is 26.8. The second kappa shape index (κ2) is 5.09. The standard InChI is InChI=1S/C13H15N3O3/c1-8(13(18)19)14-12(17)7-16-9(2)15-10-5-3-4-6-11(10)16/h3-6,8H,7H2,1-2H3,(H,14,17)(H,18,19)/t8-/m0/s1. The molecule has 1 atom stereocenters. The number of aliphatic carboxylic acids is 1. The molecule has 0 spiro atoms. The molecule has 0 fully saturated rings. The van der Waals surface area contributed by atoms with Crippen LogP contribution in [0.15, 0.2) is 24.3 Å². The van der Waals surface area contributed by atoms with Gasteiger partial charge in [-0.2, -0.15) is 0 Å². The minimum atomic E-state index is -1.06. The highest BCUT2D eigenvalue weighted by atomic mass is 16.4. The maximum Gasteiger partial charge on any atom is 0.325 e. The van der Waals surface area contributed by atoms with Crippen LogP contribution in [0.25, 0.3) is 11.0 Å². The number of hydrogen-bond acceptors (Lipinski definition) is 3. The van der Waals surface area contributed by atoms with Gasteiger partial charge in [0.15, 0.2) is 0 Å². The van der Waals surface area contributed by atoms with E-state index in [4.69, 9.17) is 5.11 Å². The number of amides is 1. The number of carboxylic acid groups (broad SMARTS) is 1. The third-order valence-corrected chi connectivity index (χ3v) is 2.90. The number of para-hydroxylation sites is 2. The van der Waals surface area contributed by atoms with E-state index in [1.54, 1.807) is 4.57 Å². The van der Waals surface area contributed by atoms with Crippen molar-refractivity contribution < 1.29 is 14.7 Å². The number of carbonyl (C=O) groups excluding carboxylic acids is 1. The fourth-order valence-electron chi connectivity index (χ4n) is 1.89. The van der Waals surface area contributed by atoms with Crippen LogP contribution in [0.2, 0.25) is 0 Å². The van der Waals surface area contributed by atoms with Crippen LogP contribution in [0.5, 0.6) is 0 Å². The Balaban J connectivity index is 2.19. The maximum absolute atomic E-state index is 11.8. The number of nitrogens with zero attached hydrogens (tertiary/aromatic N) is 2. The molecule has 100 valence electrons. The van der Waals surface area contributed by atoms with Gasteiger partial charge in [0.1, 0.15) is 18.4 Å². The summed E-state index contributed by atoms with van der Waals surface area (Å²) in [6.07, 6.45) is 0. The SMILES string of the molecule is Cc1nc2ccccc2n1CC(=O)N[C@@H](C)C(=O)O. The van der Waals surface area contributed by atoms with Crippen LogP contribution in [0.4, 0.5) is 0 Å². The summed E-state index contributed by atoms with van der Waals surface area (Å²) in [6, 6.07) is 6.60. The zero-order valence-electron chi connectivity index (χ0n) is 10.8. The van der Waals surface area contributed by atoms with Crippen LogP contribution in [0.1, 0.15) is 12.7 Å². The van der Waals surface area contributed by atoms with Gasteiger partial charge in [0.2, 0.25) is 5.91 Å². The lowest BCUT2D eigenvalue weighted by molar-refractivity contribution is -0.141. The lowest BCUT2D eigenvalue weighted by Crippen LogP contribution is -2.40. The Morgan fingerprint density at radius 1 is 1.42 bits per heavy atom. The Morgan fingerprint density at radius 2 is 2.11 bits per heavy atom. The van der Waals surface area contributed by atoms with E-state index in [1.807, 2.05) is 31.2 Å². The van der Waals surface area contributed by atoms with Gasteiger partial charge in [0.05, 0.1) is 11.0 Å². The van der Waals surface area contributed by atoms with E-state index >= 15 is 0 Å². The zero-order chi connectivity index (χ0) is 14.0. The summed E-state index contributed by atoms with van der Waals surface area (Å²) in [5, 5.41) is 11.2. The fraction of sp³-hybridized carbons (Fsp3) is 0.308. The molecule has 0 aliphatic heterocycles. The molecule has 0 radical (unpaired) electrons. The van der Waals surface area contributed by atoms with Gasteiger partial charge in [-0.3, -0.25) is 9.59 Å². The maximum atomic E-state index is 11.8. The van der Waals surface area contributed by atoms with Crippen molar-refractivity contribution >= 4 is 22.9 Å². The van der Waals surface area contributed by atoms with E-state index < -0.39 is 12.0 Å². The largest absolute Gasteiger partial charge is 0.480 e. The fourth-order valence-corrected chi connectivity index (χ4v) is 1.89. The number of fused-ring (bicyclic) bond motifs is 1. The van der Waals surface area contributed by atoms with Crippen molar-refractivity contribution in [3.05, 3.63) is 30.1 Å². The van der Waals surface area contributed by atoms with E-state index in [1.165, 1.54) is 6.92 Å². The number of carbonyl (C=O) groups is 2. The lowest BCUT2D eigenvalue weighted by atomic mass is 10.3. The van der Waals surface area contributed by atoms with Crippen LogP contribution in [0.3, 0.4) is 0 Å². The molecule has 0 aliphatic carbocycles. The van der Waals surface area contributed by atoms with Crippen molar-refractivity contribution in [2.75, 3.05) is 0 Å². The smallest absolute Gasteiger partial charge is 0.325 e. The molecule has 1 heterocycles. The topological polar surface area (TPSA) is 84.2 Å². The molecular weight excluding hydrogens is 246 g/mol. The molecule has 0 saturated carbocycles. The lowest BCUT2D eigenvalue weighted by Gasteiger charge is -2.11. The van der Waals surface area contributed by atoms with E-state index in [0.29, 0.717) is 0 Å². The summed E-state index contributed by atoms with van der Waals surface area (Å²) in [6.45, 7) is 3.30. The highest BCUT2D eigenvalue weighted by Crippen LogP contribution is 2.14. The van der Waals surface area contributed by atoms with Crippen molar-refractivity contribution in [2.24, 2.45) is 0 Å². The molecule has 1 aromatic heterocycles. The number of aromatic nitrogens is 2. The van der Waals surface area contributed by atoms with Gasteiger partial charge in [-0.25, -0.2) is 4.98 Å². The van der Waals surface area contributed by atoms with Gasteiger partial charge in [-0.15, -0.1) is 0 Å². The highest BCUT2D eigenvalue weighted by molar-refractivity contribution is 5.84. The second-order valence-electron chi connectivity index (χ2n) is 4.36. The monoisotopic (exact) mass is 261 g/mol. The minimum Gasteiger partial charge on any atom is -0.480 e. The second-order valence-corrected chi connectivity index (χ2v) is 4.36. The third-order valence-electron chi connectivity index (χ3n) is 2.90. The predicted octanol–water partition coefficient (Wildman–Crippen LogP) is 0.934. The molecule has 0 saturated heterocycles. The quantitative estimate of drug-likeness (QED) is 0.857. The van der Waals surface area contributed by atoms with Crippen LogP contribution in [-0.4, -0.2) is 32.6 Å². The molecule has 1 aromatic carbocycles. The molecule has 2 rings (SSSR count). The molecule has 0 aliphatic rings.